The molecule has 2 heterocycles. The van der Waals surface area contributed by atoms with Crippen molar-refractivity contribution in [1.82, 2.24) is 9.55 Å². The van der Waals surface area contributed by atoms with Gasteiger partial charge in [0.05, 0.1) is 5.69 Å². The summed E-state index contributed by atoms with van der Waals surface area (Å²) in [6.07, 6.45) is 4.69. The van der Waals surface area contributed by atoms with E-state index in [-0.39, 0.29) is 0 Å². The molecule has 1 unspecified atom stereocenters. The second-order valence-corrected chi connectivity index (χ2v) is 4.63. The minimum atomic E-state index is 0.589. The van der Waals surface area contributed by atoms with Crippen molar-refractivity contribution in [2.24, 2.45) is 11.7 Å². The van der Waals surface area contributed by atoms with Gasteiger partial charge >= 0.3 is 0 Å². The third-order valence-corrected chi connectivity index (χ3v) is 3.29. The van der Waals surface area contributed by atoms with E-state index in [9.17, 15) is 0 Å². The van der Waals surface area contributed by atoms with Gasteiger partial charge in [-0.2, -0.15) is 0 Å². The number of hydrogen-bond donors (Lipinski definition) is 1. The van der Waals surface area contributed by atoms with Crippen molar-refractivity contribution < 1.29 is 0 Å². The maximum atomic E-state index is 5.75. The minimum absolute atomic E-state index is 0.589. The molecular formula is C12H21N3. The van der Waals surface area contributed by atoms with Crippen LogP contribution in [-0.4, -0.2) is 9.55 Å². The van der Waals surface area contributed by atoms with E-state index in [1.54, 1.807) is 0 Å². The first-order valence-electron chi connectivity index (χ1n) is 6.03. The SMILES string of the molecule is CCCc1nc(CN)c2n1CCC(C)C2. The average Bonchev–Trinajstić information content (AvgIpc) is 2.56. The average molecular weight is 207 g/mol. The normalized spacial score (nSPS) is 20.3. The Morgan fingerprint density at radius 1 is 1.53 bits per heavy atom. The van der Waals surface area contributed by atoms with Crippen molar-refractivity contribution in [1.29, 1.82) is 0 Å². The Bertz CT molecular complexity index is 341. The largest absolute Gasteiger partial charge is 0.332 e. The first kappa shape index (κ1) is 10.7. The summed E-state index contributed by atoms with van der Waals surface area (Å²) in [6, 6.07) is 0. The van der Waals surface area contributed by atoms with Crippen molar-refractivity contribution in [3.8, 4) is 0 Å². The van der Waals surface area contributed by atoms with Gasteiger partial charge in [0.2, 0.25) is 0 Å². The fourth-order valence-corrected chi connectivity index (χ4v) is 2.44. The summed E-state index contributed by atoms with van der Waals surface area (Å²) in [5.41, 5.74) is 8.29. The molecule has 1 atom stereocenters. The van der Waals surface area contributed by atoms with E-state index in [0.29, 0.717) is 6.54 Å². The van der Waals surface area contributed by atoms with Crippen LogP contribution < -0.4 is 5.73 Å². The molecule has 1 aromatic heterocycles. The molecule has 84 valence electrons. The monoisotopic (exact) mass is 207 g/mol. The van der Waals surface area contributed by atoms with Gasteiger partial charge in [0.15, 0.2) is 0 Å². The summed E-state index contributed by atoms with van der Waals surface area (Å²) in [4.78, 5) is 4.67. The number of rotatable bonds is 3. The molecule has 0 spiro atoms. The van der Waals surface area contributed by atoms with Gasteiger partial charge in [0.1, 0.15) is 5.82 Å². The van der Waals surface area contributed by atoms with Crippen molar-refractivity contribution in [2.75, 3.05) is 0 Å². The molecule has 0 aromatic carbocycles. The highest BCUT2D eigenvalue weighted by molar-refractivity contribution is 5.19. The second kappa shape index (κ2) is 4.35. The van der Waals surface area contributed by atoms with Gasteiger partial charge in [0, 0.05) is 25.2 Å². The number of nitrogens with zero attached hydrogens (tertiary/aromatic N) is 2. The lowest BCUT2D eigenvalue weighted by Gasteiger charge is -2.22. The standard InChI is InChI=1S/C12H21N3/c1-3-4-12-14-10(8-13)11-7-9(2)5-6-15(11)12/h9H,3-8,13H2,1-2H3. The molecule has 3 nitrogen and oxygen atoms in total. The van der Waals surface area contributed by atoms with Crippen molar-refractivity contribution in [2.45, 2.75) is 52.6 Å². The molecule has 0 saturated carbocycles. The first-order valence-corrected chi connectivity index (χ1v) is 6.03. The first-order chi connectivity index (χ1) is 7.26. The highest BCUT2D eigenvalue weighted by Crippen LogP contribution is 2.24. The van der Waals surface area contributed by atoms with E-state index in [0.717, 1.165) is 37.4 Å². The molecule has 0 saturated heterocycles. The van der Waals surface area contributed by atoms with E-state index in [1.165, 1.54) is 17.9 Å². The summed E-state index contributed by atoms with van der Waals surface area (Å²) < 4.78 is 2.41. The van der Waals surface area contributed by atoms with Crippen LogP contribution in [0, 0.1) is 5.92 Å². The zero-order chi connectivity index (χ0) is 10.8. The fraction of sp³-hybridized carbons (Fsp3) is 0.750. The van der Waals surface area contributed by atoms with Gasteiger partial charge in [-0.05, 0) is 25.2 Å². The number of imidazole rings is 1. The third-order valence-electron chi connectivity index (χ3n) is 3.29. The maximum Gasteiger partial charge on any atom is 0.109 e. The van der Waals surface area contributed by atoms with Gasteiger partial charge in [-0.1, -0.05) is 13.8 Å². The van der Waals surface area contributed by atoms with Gasteiger partial charge in [-0.3, -0.25) is 0 Å². The molecule has 1 aliphatic rings. The quantitative estimate of drug-likeness (QED) is 0.822. The van der Waals surface area contributed by atoms with Crippen LogP contribution >= 0.6 is 0 Å². The number of aromatic nitrogens is 2. The highest BCUT2D eigenvalue weighted by atomic mass is 15.1. The molecule has 0 radical (unpaired) electrons. The molecule has 0 aliphatic carbocycles. The summed E-state index contributed by atoms with van der Waals surface area (Å²) in [5.74, 6) is 2.04. The maximum absolute atomic E-state index is 5.75. The lowest BCUT2D eigenvalue weighted by Crippen LogP contribution is -2.19. The van der Waals surface area contributed by atoms with E-state index in [2.05, 4.69) is 23.4 Å². The zero-order valence-corrected chi connectivity index (χ0v) is 9.79. The molecule has 15 heavy (non-hydrogen) atoms. The van der Waals surface area contributed by atoms with E-state index >= 15 is 0 Å². The van der Waals surface area contributed by atoms with Crippen molar-refractivity contribution >= 4 is 0 Å². The van der Waals surface area contributed by atoms with E-state index < -0.39 is 0 Å². The van der Waals surface area contributed by atoms with Crippen LogP contribution in [0.5, 0.6) is 0 Å². The molecule has 0 fully saturated rings. The smallest absolute Gasteiger partial charge is 0.109 e. The fourth-order valence-electron chi connectivity index (χ4n) is 2.44. The zero-order valence-electron chi connectivity index (χ0n) is 9.79. The predicted octanol–water partition coefficient (Wildman–Crippen LogP) is 1.88. The van der Waals surface area contributed by atoms with Crippen LogP contribution in [0.1, 0.15) is 43.9 Å². The Morgan fingerprint density at radius 2 is 2.33 bits per heavy atom. The van der Waals surface area contributed by atoms with Gasteiger partial charge < -0.3 is 10.3 Å². The number of hydrogen-bond acceptors (Lipinski definition) is 2. The van der Waals surface area contributed by atoms with Crippen LogP contribution in [0.3, 0.4) is 0 Å². The lowest BCUT2D eigenvalue weighted by atomic mass is 9.97. The molecule has 1 aromatic rings. The molecule has 0 bridgehead atoms. The molecule has 0 amide bonds. The lowest BCUT2D eigenvalue weighted by molar-refractivity contribution is 0.406. The summed E-state index contributed by atoms with van der Waals surface area (Å²) in [6.45, 7) is 6.25. The molecule has 2 N–H and O–H groups in total. The number of fused-ring (bicyclic) bond motifs is 1. The Labute approximate surface area is 91.7 Å². The van der Waals surface area contributed by atoms with Crippen LogP contribution in [0.4, 0.5) is 0 Å². The predicted molar refractivity (Wildman–Crippen MR) is 61.6 cm³/mol. The number of nitrogens with two attached hydrogens (primary N) is 1. The Kier molecular flexibility index (Phi) is 3.10. The topological polar surface area (TPSA) is 43.8 Å². The van der Waals surface area contributed by atoms with E-state index in [4.69, 9.17) is 5.73 Å². The Hall–Kier alpha value is -0.830. The molecular weight excluding hydrogens is 186 g/mol. The van der Waals surface area contributed by atoms with E-state index in [1.807, 2.05) is 0 Å². The summed E-state index contributed by atoms with van der Waals surface area (Å²) >= 11 is 0. The summed E-state index contributed by atoms with van der Waals surface area (Å²) in [7, 11) is 0. The number of aryl methyl sites for hydroxylation is 1. The minimum Gasteiger partial charge on any atom is -0.332 e. The van der Waals surface area contributed by atoms with Crippen LogP contribution in [0.2, 0.25) is 0 Å². The molecule has 1 aliphatic heterocycles. The Morgan fingerprint density at radius 3 is 3.00 bits per heavy atom. The third kappa shape index (κ3) is 1.93. The molecule has 3 heteroatoms. The van der Waals surface area contributed by atoms with Crippen molar-refractivity contribution in [3.05, 3.63) is 17.2 Å². The highest BCUT2D eigenvalue weighted by Gasteiger charge is 2.21. The van der Waals surface area contributed by atoms with Crippen LogP contribution in [-0.2, 0) is 25.9 Å². The van der Waals surface area contributed by atoms with Crippen LogP contribution in [0.25, 0.3) is 0 Å². The second-order valence-electron chi connectivity index (χ2n) is 4.63. The van der Waals surface area contributed by atoms with Crippen molar-refractivity contribution in [3.63, 3.8) is 0 Å². The Balaban J connectivity index is 2.35. The summed E-state index contributed by atoms with van der Waals surface area (Å²) in [5, 5.41) is 0. The molecule has 2 rings (SSSR count). The van der Waals surface area contributed by atoms with Gasteiger partial charge in [0.25, 0.3) is 0 Å². The van der Waals surface area contributed by atoms with Crippen LogP contribution in [0.15, 0.2) is 0 Å². The van der Waals surface area contributed by atoms with Gasteiger partial charge in [-0.25, -0.2) is 4.98 Å². The van der Waals surface area contributed by atoms with Gasteiger partial charge in [-0.15, -0.1) is 0 Å².